The second kappa shape index (κ2) is 8.93. The number of anilines is 1. The summed E-state index contributed by atoms with van der Waals surface area (Å²) in [6, 6.07) is 5.47. The Morgan fingerprint density at radius 2 is 2.12 bits per heavy atom. The van der Waals surface area contributed by atoms with E-state index >= 15 is 0 Å². The van der Waals surface area contributed by atoms with Gasteiger partial charge in [0.05, 0.1) is 6.04 Å². The van der Waals surface area contributed by atoms with Gasteiger partial charge in [0.1, 0.15) is 5.82 Å². The van der Waals surface area contributed by atoms with Crippen LogP contribution >= 0.6 is 11.3 Å². The Balaban J connectivity index is 1.80. The molecule has 0 fully saturated rings. The summed E-state index contributed by atoms with van der Waals surface area (Å²) in [5.74, 6) is -1.47. The number of nitrogens with one attached hydrogen (secondary N) is 2. The molecular weight excluding hydrogens is 345 g/mol. The normalized spacial score (nSPS) is 11.4. The van der Waals surface area contributed by atoms with Gasteiger partial charge in [0.15, 0.2) is 17.4 Å². The first-order valence-electron chi connectivity index (χ1n) is 7.52. The summed E-state index contributed by atoms with van der Waals surface area (Å²) >= 11 is 1.26. The van der Waals surface area contributed by atoms with Crippen molar-refractivity contribution in [2.45, 2.75) is 13.0 Å². The van der Waals surface area contributed by atoms with Crippen molar-refractivity contribution in [2.75, 3.05) is 18.5 Å². The maximum atomic E-state index is 12.9. The third-order valence-electron chi connectivity index (χ3n) is 3.19. The quantitative estimate of drug-likeness (QED) is 0.557. The van der Waals surface area contributed by atoms with E-state index in [1.54, 1.807) is 30.5 Å². The maximum absolute atomic E-state index is 12.9. The number of nitrogens with zero attached hydrogens (tertiary/aromatic N) is 1. The van der Waals surface area contributed by atoms with Crippen LogP contribution in [0.4, 0.5) is 9.52 Å². The predicted molar refractivity (Wildman–Crippen MR) is 94.0 cm³/mol. The number of carbonyl (C=O) groups is 2. The number of benzene rings is 1. The molecule has 132 valence electrons. The number of ether oxygens (including phenoxy) is 1. The Morgan fingerprint density at radius 3 is 2.80 bits per heavy atom. The summed E-state index contributed by atoms with van der Waals surface area (Å²) in [4.78, 5) is 27.8. The summed E-state index contributed by atoms with van der Waals surface area (Å²) in [6.45, 7) is 5.44. The number of aromatic nitrogens is 1. The van der Waals surface area contributed by atoms with Gasteiger partial charge in [-0.25, -0.2) is 14.2 Å². The van der Waals surface area contributed by atoms with Gasteiger partial charge in [-0.15, -0.1) is 17.9 Å². The molecule has 1 aromatic carbocycles. The summed E-state index contributed by atoms with van der Waals surface area (Å²) < 4.78 is 17.8. The summed E-state index contributed by atoms with van der Waals surface area (Å²) in [5, 5.41) is 7.75. The second-order valence-corrected chi connectivity index (χ2v) is 5.98. The van der Waals surface area contributed by atoms with E-state index in [9.17, 15) is 14.0 Å². The Bertz CT molecular complexity index is 746. The van der Waals surface area contributed by atoms with Crippen LogP contribution in [0.3, 0.4) is 0 Å². The topological polar surface area (TPSA) is 80.3 Å². The summed E-state index contributed by atoms with van der Waals surface area (Å²) in [5.41, 5.74) is 0.884. The van der Waals surface area contributed by atoms with Gasteiger partial charge in [-0.1, -0.05) is 18.2 Å². The molecule has 8 heteroatoms. The molecule has 6 nitrogen and oxygen atoms in total. The molecule has 0 saturated heterocycles. The molecule has 1 atom stereocenters. The molecule has 0 bridgehead atoms. The van der Waals surface area contributed by atoms with Crippen LogP contribution in [0.2, 0.25) is 0 Å². The van der Waals surface area contributed by atoms with Gasteiger partial charge in [-0.05, 0) is 24.6 Å². The lowest BCUT2D eigenvalue weighted by Crippen LogP contribution is -2.31. The number of amides is 1. The molecule has 1 aromatic heterocycles. The number of esters is 1. The van der Waals surface area contributed by atoms with Crippen LogP contribution in [0.25, 0.3) is 0 Å². The van der Waals surface area contributed by atoms with Crippen LogP contribution < -0.4 is 10.6 Å². The molecular formula is C17H18FN3O3S. The standard InChI is InChI=1S/C17H18FN3O3S/c1-3-8-19-17-21-14(10-25-17)16(23)24-9-15(22)20-11(2)12-4-6-13(18)7-5-12/h3-7,10-11H,1,8-9H2,2H3,(H,19,21)(H,20,22)/t11-/m0/s1. The van der Waals surface area contributed by atoms with Gasteiger partial charge in [-0.3, -0.25) is 4.79 Å². The molecule has 0 unspecified atom stereocenters. The molecule has 0 aliphatic carbocycles. The second-order valence-electron chi connectivity index (χ2n) is 5.12. The van der Waals surface area contributed by atoms with Crippen molar-refractivity contribution >= 4 is 28.3 Å². The Hall–Kier alpha value is -2.74. The van der Waals surface area contributed by atoms with Crippen LogP contribution in [0, 0.1) is 5.82 Å². The lowest BCUT2D eigenvalue weighted by Gasteiger charge is -2.14. The Morgan fingerprint density at radius 1 is 1.40 bits per heavy atom. The highest BCUT2D eigenvalue weighted by molar-refractivity contribution is 7.13. The number of hydrogen-bond acceptors (Lipinski definition) is 6. The minimum atomic E-state index is -0.674. The first-order valence-corrected chi connectivity index (χ1v) is 8.40. The first-order chi connectivity index (χ1) is 12.0. The molecule has 0 saturated carbocycles. The number of rotatable bonds is 8. The third kappa shape index (κ3) is 5.68. The lowest BCUT2D eigenvalue weighted by molar-refractivity contribution is -0.124. The van der Waals surface area contributed by atoms with Crippen LogP contribution in [0.15, 0.2) is 42.3 Å². The van der Waals surface area contributed by atoms with Gasteiger partial charge in [0.2, 0.25) is 0 Å². The third-order valence-corrected chi connectivity index (χ3v) is 3.99. The maximum Gasteiger partial charge on any atom is 0.358 e. The van der Waals surface area contributed by atoms with E-state index in [1.165, 1.54) is 23.5 Å². The summed E-state index contributed by atoms with van der Waals surface area (Å²) in [7, 11) is 0. The summed E-state index contributed by atoms with van der Waals surface area (Å²) in [6.07, 6.45) is 1.67. The van der Waals surface area contributed by atoms with Crippen molar-refractivity contribution < 1.29 is 18.7 Å². The average Bonchev–Trinajstić information content (AvgIpc) is 3.07. The molecule has 1 heterocycles. The molecule has 0 radical (unpaired) electrons. The average molecular weight is 363 g/mol. The number of carbonyl (C=O) groups excluding carboxylic acids is 2. The highest BCUT2D eigenvalue weighted by Gasteiger charge is 2.15. The number of halogens is 1. The minimum absolute atomic E-state index is 0.135. The molecule has 25 heavy (non-hydrogen) atoms. The van der Waals surface area contributed by atoms with Crippen LogP contribution in [-0.4, -0.2) is 30.0 Å². The van der Waals surface area contributed by atoms with Crippen molar-refractivity contribution in [2.24, 2.45) is 0 Å². The van der Waals surface area contributed by atoms with E-state index in [-0.39, 0.29) is 17.6 Å². The zero-order valence-electron chi connectivity index (χ0n) is 13.6. The smallest absolute Gasteiger partial charge is 0.358 e. The first kappa shape index (κ1) is 18.6. The van der Waals surface area contributed by atoms with Gasteiger partial charge >= 0.3 is 5.97 Å². The van der Waals surface area contributed by atoms with Gasteiger partial charge in [-0.2, -0.15) is 0 Å². The van der Waals surface area contributed by atoms with Crippen molar-refractivity contribution in [1.29, 1.82) is 0 Å². The van der Waals surface area contributed by atoms with E-state index in [0.29, 0.717) is 11.7 Å². The fourth-order valence-electron chi connectivity index (χ4n) is 1.93. The van der Waals surface area contributed by atoms with Gasteiger partial charge in [0, 0.05) is 11.9 Å². The predicted octanol–water partition coefficient (Wildman–Crippen LogP) is 2.91. The van der Waals surface area contributed by atoms with Crippen molar-refractivity contribution in [3.63, 3.8) is 0 Å². The van der Waals surface area contributed by atoms with E-state index < -0.39 is 18.5 Å². The SMILES string of the molecule is C=CCNc1nc(C(=O)OCC(=O)N[C@@H](C)c2ccc(F)cc2)cs1. The van der Waals surface area contributed by atoms with E-state index in [2.05, 4.69) is 22.2 Å². The molecule has 2 rings (SSSR count). The molecule has 2 N–H and O–H groups in total. The van der Waals surface area contributed by atoms with Gasteiger partial charge < -0.3 is 15.4 Å². The van der Waals surface area contributed by atoms with Crippen LogP contribution in [-0.2, 0) is 9.53 Å². The fraction of sp³-hybridized carbons (Fsp3) is 0.235. The fourth-order valence-corrected chi connectivity index (χ4v) is 2.62. The van der Waals surface area contributed by atoms with E-state index in [4.69, 9.17) is 4.74 Å². The highest BCUT2D eigenvalue weighted by atomic mass is 32.1. The highest BCUT2D eigenvalue weighted by Crippen LogP contribution is 2.16. The largest absolute Gasteiger partial charge is 0.451 e. The molecule has 1 amide bonds. The molecule has 0 aliphatic rings. The van der Waals surface area contributed by atoms with Crippen molar-refractivity contribution in [3.8, 4) is 0 Å². The molecule has 0 aliphatic heterocycles. The number of thiazole rings is 1. The molecule has 0 spiro atoms. The Kier molecular flexibility index (Phi) is 6.64. The zero-order valence-corrected chi connectivity index (χ0v) is 14.4. The molecule has 2 aromatic rings. The van der Waals surface area contributed by atoms with E-state index in [0.717, 1.165) is 5.56 Å². The Labute approximate surface area is 148 Å². The number of hydrogen-bond donors (Lipinski definition) is 2. The van der Waals surface area contributed by atoms with Crippen molar-refractivity contribution in [3.05, 3.63) is 59.4 Å². The zero-order chi connectivity index (χ0) is 18.2. The van der Waals surface area contributed by atoms with E-state index in [1.807, 2.05) is 0 Å². The van der Waals surface area contributed by atoms with Crippen LogP contribution in [0.5, 0.6) is 0 Å². The monoisotopic (exact) mass is 363 g/mol. The van der Waals surface area contributed by atoms with Gasteiger partial charge in [0.25, 0.3) is 5.91 Å². The minimum Gasteiger partial charge on any atom is -0.451 e. The van der Waals surface area contributed by atoms with Crippen LogP contribution in [0.1, 0.15) is 29.0 Å². The van der Waals surface area contributed by atoms with Crippen molar-refractivity contribution in [1.82, 2.24) is 10.3 Å². The lowest BCUT2D eigenvalue weighted by atomic mass is 10.1.